The first-order valence-electron chi connectivity index (χ1n) is 14.1. The average Bonchev–Trinajstić information content (AvgIpc) is 3.40. The van der Waals surface area contributed by atoms with Crippen molar-refractivity contribution in [3.8, 4) is 0 Å². The molecule has 0 bridgehead atoms. The zero-order valence-electron chi connectivity index (χ0n) is 23.5. The fourth-order valence-corrected chi connectivity index (χ4v) is 7.16. The summed E-state index contributed by atoms with van der Waals surface area (Å²) in [6, 6.07) is 27.2. The van der Waals surface area contributed by atoms with Crippen molar-refractivity contribution in [3.05, 3.63) is 142 Å². The number of thioether (sulfide) groups is 1. The maximum atomic E-state index is 13.6. The van der Waals surface area contributed by atoms with E-state index in [1.165, 1.54) is 40.9 Å². The van der Waals surface area contributed by atoms with Gasteiger partial charge in [0, 0.05) is 29.8 Å². The van der Waals surface area contributed by atoms with Crippen LogP contribution in [-0.4, -0.2) is 45.1 Å². The van der Waals surface area contributed by atoms with Gasteiger partial charge in [-0.2, -0.15) is 0 Å². The predicted octanol–water partition coefficient (Wildman–Crippen LogP) is 3.73. The zero-order valence-corrected chi connectivity index (χ0v) is 24.3. The van der Waals surface area contributed by atoms with Gasteiger partial charge in [0.15, 0.2) is 18.9 Å². The minimum atomic E-state index is -0.896. The van der Waals surface area contributed by atoms with E-state index in [0.29, 0.717) is 12.1 Å². The number of ether oxygens (including phenoxy) is 1. The summed E-state index contributed by atoms with van der Waals surface area (Å²) in [7, 11) is 0. The van der Waals surface area contributed by atoms with Crippen LogP contribution in [0.3, 0.4) is 0 Å². The molecule has 4 aromatic rings. The second-order valence-electron chi connectivity index (χ2n) is 10.7. The maximum absolute atomic E-state index is 13.6. The number of fused-ring (bicyclic) bond motifs is 1. The van der Waals surface area contributed by atoms with Gasteiger partial charge in [-0.25, -0.2) is 9.36 Å². The van der Waals surface area contributed by atoms with E-state index < -0.39 is 33.6 Å². The Morgan fingerprint density at radius 2 is 1.55 bits per heavy atom. The number of rotatable bonds is 10. The molecule has 1 N–H and O–H groups in total. The van der Waals surface area contributed by atoms with Gasteiger partial charge >= 0.3 is 5.97 Å². The second kappa shape index (κ2) is 12.7. The number of β-lactam (4-membered cyclic amide) rings is 1. The Balaban J connectivity index is 1.19. The number of nitrogens with zero attached hydrogens (tertiary/aromatic N) is 3. The molecule has 2 aliphatic rings. The monoisotopic (exact) mass is 609 g/mol. The van der Waals surface area contributed by atoms with Crippen molar-refractivity contribution >= 4 is 35.2 Å². The summed E-state index contributed by atoms with van der Waals surface area (Å²) in [5.74, 6) is -1.17. The van der Waals surface area contributed by atoms with Crippen LogP contribution in [0.2, 0.25) is 0 Å². The molecule has 0 saturated carbocycles. The largest absolute Gasteiger partial charge is 0.459 e. The van der Waals surface area contributed by atoms with Crippen LogP contribution in [-0.2, 0) is 38.7 Å². The number of carbonyl (C=O) groups is 3. The third-order valence-electron chi connectivity index (χ3n) is 7.70. The number of nitro benzene ring substituents is 1. The lowest BCUT2D eigenvalue weighted by atomic mass is 9.97. The fourth-order valence-electron chi connectivity index (χ4n) is 5.45. The molecule has 44 heavy (non-hydrogen) atoms. The summed E-state index contributed by atoms with van der Waals surface area (Å²) >= 11 is 1.46. The highest BCUT2D eigenvalue weighted by Gasteiger charge is 2.61. The van der Waals surface area contributed by atoms with E-state index in [-0.39, 0.29) is 30.5 Å². The van der Waals surface area contributed by atoms with Crippen LogP contribution in [0, 0.1) is 10.1 Å². The highest BCUT2D eigenvalue weighted by atomic mass is 32.2. The molecule has 0 unspecified atom stereocenters. The standard InChI is InChI=1S/C33H28N4O6S/c38-27(19-22-7-3-1-4-8-22)34-28-31(39)36-29(33(40)43-21-24-11-15-26(16-12-24)37(41)42)30(44-32(28)36)25-13-9-23(10-14-25)20-35-17-5-2-6-18-35/h1-18,28-30,32H,19-21H2/p+1/t28-,29-,30-,32-/m1/s1. The number of hydrogen-bond acceptors (Lipinski definition) is 7. The molecule has 4 atom stereocenters. The Morgan fingerprint density at radius 3 is 2.23 bits per heavy atom. The topological polar surface area (TPSA) is 123 Å². The summed E-state index contributed by atoms with van der Waals surface area (Å²) in [5.41, 5.74) is 3.32. The molecule has 3 aromatic carbocycles. The van der Waals surface area contributed by atoms with Gasteiger partial charge in [0.25, 0.3) is 5.69 Å². The van der Waals surface area contributed by atoms with Crippen LogP contribution in [0.15, 0.2) is 109 Å². The Hall–Kier alpha value is -5.03. The van der Waals surface area contributed by atoms with Crippen LogP contribution >= 0.6 is 11.8 Å². The Morgan fingerprint density at radius 1 is 0.886 bits per heavy atom. The van der Waals surface area contributed by atoms with Crippen molar-refractivity contribution in [1.29, 1.82) is 0 Å². The Kier molecular flexibility index (Phi) is 8.38. The fraction of sp³-hybridized carbons (Fsp3) is 0.212. The lowest BCUT2D eigenvalue weighted by Crippen LogP contribution is -2.70. The summed E-state index contributed by atoms with van der Waals surface area (Å²) in [4.78, 5) is 51.7. The van der Waals surface area contributed by atoms with Crippen LogP contribution in [0.25, 0.3) is 0 Å². The van der Waals surface area contributed by atoms with Crippen molar-refractivity contribution in [2.24, 2.45) is 0 Å². The van der Waals surface area contributed by atoms with Crippen molar-refractivity contribution < 1.29 is 28.6 Å². The Bertz CT molecular complexity index is 1670. The van der Waals surface area contributed by atoms with Gasteiger partial charge < -0.3 is 15.0 Å². The number of hydrogen-bond donors (Lipinski definition) is 1. The number of non-ortho nitro benzene ring substituents is 1. The van der Waals surface area contributed by atoms with Gasteiger partial charge in [-0.1, -0.05) is 60.7 Å². The van der Waals surface area contributed by atoms with Gasteiger partial charge in [0.2, 0.25) is 11.8 Å². The number of nitrogens with one attached hydrogen (secondary N) is 1. The Labute approximate surface area is 257 Å². The van der Waals surface area contributed by atoms with E-state index in [1.54, 1.807) is 0 Å². The molecule has 6 rings (SSSR count). The highest BCUT2D eigenvalue weighted by molar-refractivity contribution is 8.00. The minimum Gasteiger partial charge on any atom is -0.459 e. The number of benzene rings is 3. The molecule has 10 nitrogen and oxygen atoms in total. The van der Waals surface area contributed by atoms with Crippen molar-refractivity contribution in [2.75, 3.05) is 0 Å². The van der Waals surface area contributed by atoms with Gasteiger partial charge in [-0.05, 0) is 28.8 Å². The van der Waals surface area contributed by atoms with E-state index >= 15 is 0 Å². The first-order chi connectivity index (χ1) is 21.4. The molecule has 222 valence electrons. The van der Waals surface area contributed by atoms with Crippen LogP contribution < -0.4 is 9.88 Å². The number of esters is 1. The lowest BCUT2D eigenvalue weighted by molar-refractivity contribution is -0.688. The SMILES string of the molecule is O=C(Cc1ccccc1)N[C@@H]1C(=O)N2[C@@H]1S[C@H](c1ccc(C[n+]3ccccc3)cc1)[C@@H]2C(=O)OCc1ccc([N+](=O)[O-])cc1. The van der Waals surface area contributed by atoms with Crippen LogP contribution in [0.4, 0.5) is 5.69 Å². The van der Waals surface area contributed by atoms with E-state index in [0.717, 1.165) is 16.7 Å². The normalized spacial score (nSPS) is 20.4. The van der Waals surface area contributed by atoms with Gasteiger partial charge in [-0.15, -0.1) is 11.8 Å². The van der Waals surface area contributed by atoms with E-state index in [2.05, 4.69) is 9.88 Å². The van der Waals surface area contributed by atoms with E-state index in [9.17, 15) is 24.5 Å². The quantitative estimate of drug-likeness (QED) is 0.0956. The predicted molar refractivity (Wildman–Crippen MR) is 162 cm³/mol. The minimum absolute atomic E-state index is 0.0594. The van der Waals surface area contributed by atoms with E-state index in [4.69, 9.17) is 4.74 Å². The average molecular weight is 610 g/mol. The molecule has 0 spiro atoms. The molecule has 0 radical (unpaired) electrons. The number of nitro groups is 1. The number of pyridine rings is 1. The molecule has 11 heteroatoms. The second-order valence-corrected chi connectivity index (χ2v) is 11.9. The van der Waals surface area contributed by atoms with Gasteiger partial charge in [-0.3, -0.25) is 19.7 Å². The molecule has 2 aliphatic heterocycles. The van der Waals surface area contributed by atoms with E-state index in [1.807, 2.05) is 85.2 Å². The van der Waals surface area contributed by atoms with Gasteiger partial charge in [0.1, 0.15) is 24.1 Å². The van der Waals surface area contributed by atoms with Crippen LogP contribution in [0.1, 0.15) is 27.5 Å². The summed E-state index contributed by atoms with van der Waals surface area (Å²) in [6.07, 6.45) is 4.12. The lowest BCUT2D eigenvalue weighted by Gasteiger charge is -2.43. The first-order valence-corrected chi connectivity index (χ1v) is 15.1. The molecule has 0 aliphatic carbocycles. The van der Waals surface area contributed by atoms with Crippen molar-refractivity contribution in [1.82, 2.24) is 10.2 Å². The summed E-state index contributed by atoms with van der Waals surface area (Å²) in [6.45, 7) is 0.588. The molecular formula is C33H29N4O6S+. The molecule has 1 aromatic heterocycles. The summed E-state index contributed by atoms with van der Waals surface area (Å²) in [5, 5.41) is 13.0. The zero-order chi connectivity index (χ0) is 30.6. The first kappa shape index (κ1) is 29.1. The number of amides is 2. The van der Waals surface area contributed by atoms with Crippen LogP contribution in [0.5, 0.6) is 0 Å². The third kappa shape index (κ3) is 6.18. The molecule has 2 fully saturated rings. The smallest absolute Gasteiger partial charge is 0.330 e. The maximum Gasteiger partial charge on any atom is 0.330 e. The molecular weight excluding hydrogens is 580 g/mol. The number of aromatic nitrogens is 1. The molecule has 3 heterocycles. The van der Waals surface area contributed by atoms with Gasteiger partial charge in [0.05, 0.1) is 16.6 Å². The molecule has 2 saturated heterocycles. The highest BCUT2D eigenvalue weighted by Crippen LogP contribution is 2.52. The number of carbonyl (C=O) groups excluding carboxylic acids is 3. The molecule has 2 amide bonds. The summed E-state index contributed by atoms with van der Waals surface area (Å²) < 4.78 is 7.72. The van der Waals surface area contributed by atoms with Crippen molar-refractivity contribution in [2.45, 2.75) is 42.3 Å². The third-order valence-corrected chi connectivity index (χ3v) is 9.30. The van der Waals surface area contributed by atoms with Crippen molar-refractivity contribution in [3.63, 3.8) is 0 Å².